The van der Waals surface area contributed by atoms with Crippen molar-refractivity contribution in [2.45, 2.75) is 31.3 Å². The molecule has 0 heterocycles. The average molecular weight is 302 g/mol. The number of rotatable bonds is 6. The first-order valence-corrected chi connectivity index (χ1v) is 6.33. The Labute approximate surface area is 122 Å². The van der Waals surface area contributed by atoms with E-state index in [4.69, 9.17) is 30.6 Å². The van der Waals surface area contributed by atoms with Gasteiger partial charge in [0.05, 0.1) is 13.2 Å². The molecule has 4 unspecified atom stereocenters. The fourth-order valence-electron chi connectivity index (χ4n) is 1.32. The van der Waals surface area contributed by atoms with Crippen LogP contribution in [0.3, 0.4) is 0 Å². The Bertz CT molecular complexity index is 379. The summed E-state index contributed by atoms with van der Waals surface area (Å²) < 4.78 is 0. The molecule has 21 heavy (non-hydrogen) atoms. The van der Waals surface area contributed by atoms with E-state index in [1.54, 1.807) is 0 Å². The van der Waals surface area contributed by atoms with Crippen LogP contribution in [0.15, 0.2) is 24.3 Å². The minimum Gasteiger partial charge on any atom is -0.394 e. The van der Waals surface area contributed by atoms with Gasteiger partial charge in [0.1, 0.15) is 30.7 Å². The Morgan fingerprint density at radius 2 is 1.29 bits per heavy atom. The van der Waals surface area contributed by atoms with E-state index in [0.717, 1.165) is 11.8 Å². The summed E-state index contributed by atoms with van der Waals surface area (Å²) in [6, 6.07) is 7.46. The molecule has 7 nitrogen and oxygen atoms in total. The molecule has 0 aliphatic rings. The van der Waals surface area contributed by atoms with E-state index in [9.17, 15) is 4.79 Å². The van der Waals surface area contributed by atoms with E-state index in [1.165, 1.54) is 5.56 Å². The van der Waals surface area contributed by atoms with Gasteiger partial charge in [0.2, 0.25) is 0 Å². The minimum atomic E-state index is -1.67. The first kappa shape index (κ1) is 19.7. The number of aliphatic hydroxyl groups is 6. The van der Waals surface area contributed by atoms with Crippen molar-refractivity contribution in [1.82, 2.24) is 0 Å². The van der Waals surface area contributed by atoms with Crippen molar-refractivity contribution in [2.75, 3.05) is 13.2 Å². The molecular formula is C14H22O7. The third-order valence-corrected chi connectivity index (χ3v) is 2.73. The Balaban J connectivity index is 0.000000394. The van der Waals surface area contributed by atoms with Crippen LogP contribution < -0.4 is 0 Å². The third-order valence-electron chi connectivity index (χ3n) is 2.73. The van der Waals surface area contributed by atoms with Crippen LogP contribution in [-0.2, 0) is 0 Å². The lowest BCUT2D eigenvalue weighted by atomic mass is 10.0. The van der Waals surface area contributed by atoms with Crippen LogP contribution in [0.4, 0.5) is 0 Å². The number of carbonyl (C=O) groups is 1. The van der Waals surface area contributed by atoms with Gasteiger partial charge in [-0.25, -0.2) is 0 Å². The van der Waals surface area contributed by atoms with Gasteiger partial charge in [-0.3, -0.25) is 4.79 Å². The molecule has 0 saturated heterocycles. The van der Waals surface area contributed by atoms with Crippen LogP contribution in [0.25, 0.3) is 0 Å². The second-order valence-electron chi connectivity index (χ2n) is 4.51. The summed E-state index contributed by atoms with van der Waals surface area (Å²) in [6.07, 6.45) is -5.55. The van der Waals surface area contributed by atoms with Gasteiger partial charge < -0.3 is 30.6 Å². The molecule has 0 bridgehead atoms. The summed E-state index contributed by atoms with van der Waals surface area (Å²) in [5, 5.41) is 52.2. The fraction of sp³-hybridized carbons (Fsp3) is 0.500. The fourth-order valence-corrected chi connectivity index (χ4v) is 1.32. The van der Waals surface area contributed by atoms with Crippen molar-refractivity contribution in [3.05, 3.63) is 35.4 Å². The average Bonchev–Trinajstić information content (AvgIpc) is 2.53. The minimum absolute atomic E-state index is 0.726. The SMILES string of the molecule is Cc1ccc(C=O)cc1.OCC(O)C(O)C(O)C(O)CO. The summed E-state index contributed by atoms with van der Waals surface area (Å²) in [5.41, 5.74) is 1.92. The van der Waals surface area contributed by atoms with Crippen LogP contribution in [0.1, 0.15) is 15.9 Å². The van der Waals surface area contributed by atoms with Crippen LogP contribution in [0.5, 0.6) is 0 Å². The molecule has 1 rings (SSSR count). The highest BCUT2D eigenvalue weighted by atomic mass is 16.4. The Morgan fingerprint density at radius 3 is 1.57 bits per heavy atom. The monoisotopic (exact) mass is 302 g/mol. The molecule has 4 atom stereocenters. The van der Waals surface area contributed by atoms with Crippen LogP contribution in [0, 0.1) is 6.92 Å². The van der Waals surface area contributed by atoms with Crippen molar-refractivity contribution in [1.29, 1.82) is 0 Å². The maximum atomic E-state index is 10.1. The number of aryl methyl sites for hydroxylation is 1. The molecule has 120 valence electrons. The molecule has 0 radical (unpaired) electrons. The van der Waals surface area contributed by atoms with Crippen molar-refractivity contribution < 1.29 is 35.4 Å². The molecule has 0 aliphatic carbocycles. The van der Waals surface area contributed by atoms with Crippen molar-refractivity contribution in [3.8, 4) is 0 Å². The molecule has 0 saturated carbocycles. The van der Waals surface area contributed by atoms with Crippen molar-refractivity contribution in [3.63, 3.8) is 0 Å². The zero-order valence-corrected chi connectivity index (χ0v) is 11.7. The number of benzene rings is 1. The van der Waals surface area contributed by atoms with Gasteiger partial charge in [-0.15, -0.1) is 0 Å². The maximum absolute atomic E-state index is 10.1. The van der Waals surface area contributed by atoms with Gasteiger partial charge in [-0.2, -0.15) is 0 Å². The normalized spacial score (nSPS) is 16.1. The van der Waals surface area contributed by atoms with Crippen LogP contribution in [-0.4, -0.2) is 74.6 Å². The summed E-state index contributed by atoms with van der Waals surface area (Å²) in [5.74, 6) is 0. The molecule has 0 amide bonds. The highest BCUT2D eigenvalue weighted by molar-refractivity contribution is 5.74. The van der Waals surface area contributed by atoms with Gasteiger partial charge in [0.15, 0.2) is 0 Å². The molecule has 1 aromatic carbocycles. The maximum Gasteiger partial charge on any atom is 0.150 e. The van der Waals surface area contributed by atoms with E-state index in [0.29, 0.717) is 0 Å². The molecule has 0 spiro atoms. The highest BCUT2D eigenvalue weighted by Crippen LogP contribution is 2.04. The second kappa shape index (κ2) is 10.4. The number of aliphatic hydroxyl groups excluding tert-OH is 6. The standard InChI is InChI=1S/C8H8O.C6H14O6/c1-7-2-4-8(6-9)5-3-7;7-1-3(9)5(11)6(12)4(10)2-8/h2-6H,1H3;3-12H,1-2H2. The molecule has 0 fully saturated rings. The Morgan fingerprint density at radius 1 is 0.905 bits per heavy atom. The van der Waals surface area contributed by atoms with Gasteiger partial charge in [0.25, 0.3) is 0 Å². The zero-order valence-electron chi connectivity index (χ0n) is 11.7. The van der Waals surface area contributed by atoms with Gasteiger partial charge in [-0.1, -0.05) is 29.8 Å². The summed E-state index contributed by atoms with van der Waals surface area (Å²) in [6.45, 7) is 0.543. The number of aldehydes is 1. The molecule has 0 aliphatic heterocycles. The summed E-state index contributed by atoms with van der Waals surface area (Å²) in [4.78, 5) is 10.1. The van der Waals surface area contributed by atoms with Gasteiger partial charge >= 0.3 is 0 Å². The summed E-state index contributed by atoms with van der Waals surface area (Å²) >= 11 is 0. The first-order chi connectivity index (χ1) is 9.87. The third kappa shape index (κ3) is 7.28. The lowest BCUT2D eigenvalue weighted by molar-refractivity contribution is -0.123. The molecular weight excluding hydrogens is 280 g/mol. The predicted octanol–water partition coefficient (Wildman–Crippen LogP) is -1.78. The number of hydrogen-bond acceptors (Lipinski definition) is 7. The molecule has 6 N–H and O–H groups in total. The summed E-state index contributed by atoms with van der Waals surface area (Å²) in [7, 11) is 0. The van der Waals surface area contributed by atoms with E-state index in [1.807, 2.05) is 31.2 Å². The van der Waals surface area contributed by atoms with Crippen LogP contribution in [0.2, 0.25) is 0 Å². The number of carbonyl (C=O) groups excluding carboxylic acids is 1. The van der Waals surface area contributed by atoms with Crippen molar-refractivity contribution in [2.24, 2.45) is 0 Å². The predicted molar refractivity (Wildman–Crippen MR) is 74.8 cm³/mol. The van der Waals surface area contributed by atoms with E-state index in [-0.39, 0.29) is 0 Å². The second-order valence-corrected chi connectivity index (χ2v) is 4.51. The molecule has 0 aromatic heterocycles. The largest absolute Gasteiger partial charge is 0.394 e. The van der Waals surface area contributed by atoms with E-state index in [2.05, 4.69) is 0 Å². The van der Waals surface area contributed by atoms with Gasteiger partial charge in [0, 0.05) is 5.56 Å². The highest BCUT2D eigenvalue weighted by Gasteiger charge is 2.29. The lowest BCUT2D eigenvalue weighted by Gasteiger charge is -2.24. The Kier molecular flexibility index (Phi) is 9.72. The first-order valence-electron chi connectivity index (χ1n) is 6.33. The topological polar surface area (TPSA) is 138 Å². The molecule has 1 aromatic rings. The number of hydrogen-bond donors (Lipinski definition) is 6. The quantitative estimate of drug-likeness (QED) is 0.342. The zero-order chi connectivity index (χ0) is 16.4. The smallest absolute Gasteiger partial charge is 0.150 e. The lowest BCUT2D eigenvalue weighted by Crippen LogP contribution is -2.46. The molecule has 7 heteroatoms. The van der Waals surface area contributed by atoms with E-state index < -0.39 is 37.6 Å². The van der Waals surface area contributed by atoms with Crippen molar-refractivity contribution >= 4 is 6.29 Å². The Hall–Kier alpha value is -1.35. The van der Waals surface area contributed by atoms with E-state index >= 15 is 0 Å². The van der Waals surface area contributed by atoms with Crippen LogP contribution >= 0.6 is 0 Å². The van der Waals surface area contributed by atoms with Gasteiger partial charge in [-0.05, 0) is 6.92 Å².